The van der Waals surface area contributed by atoms with E-state index in [0.717, 1.165) is 18.5 Å². The van der Waals surface area contributed by atoms with Crippen LogP contribution < -0.4 is 0 Å². The number of amides is 1. The van der Waals surface area contributed by atoms with Crippen LogP contribution in [0.1, 0.15) is 67.7 Å². The fourth-order valence-electron chi connectivity index (χ4n) is 6.05. The van der Waals surface area contributed by atoms with Gasteiger partial charge in [0.1, 0.15) is 5.82 Å². The quantitative estimate of drug-likeness (QED) is 0.676. The molecule has 1 amide bonds. The minimum absolute atomic E-state index is 0.0985. The van der Waals surface area contributed by atoms with Crippen LogP contribution in [0.3, 0.4) is 0 Å². The maximum absolute atomic E-state index is 13.5. The zero-order valence-electron chi connectivity index (χ0n) is 16.4. The van der Waals surface area contributed by atoms with Gasteiger partial charge in [0, 0.05) is 13.0 Å². The molecule has 3 aliphatic rings. The Bertz CT molecular complexity index is 860. The highest BCUT2D eigenvalue weighted by molar-refractivity contribution is 5.78. The van der Waals surface area contributed by atoms with Crippen LogP contribution in [-0.2, 0) is 11.2 Å². The number of carbonyl (C=O) groups excluding carboxylic acids is 1. The van der Waals surface area contributed by atoms with E-state index in [1.165, 1.54) is 61.8 Å². The molecule has 3 heteroatoms. The lowest BCUT2D eigenvalue weighted by Gasteiger charge is -2.46. The van der Waals surface area contributed by atoms with Crippen molar-refractivity contribution >= 4 is 5.91 Å². The third-order valence-electron chi connectivity index (χ3n) is 7.36. The standard InChI is InChI=1S/C25H28FNO/c26-21-9-7-20(8-10-21)24-22-6-2-1-5-19(22)11-14-27(24)23(28)15-18-16-25(17-18)12-3-4-13-25/h1-2,5-10,18,24H,3-4,11-17H2/t24-/m0/s1. The Morgan fingerprint density at radius 3 is 2.50 bits per heavy atom. The summed E-state index contributed by atoms with van der Waals surface area (Å²) in [5.41, 5.74) is 4.07. The molecule has 1 heterocycles. The van der Waals surface area contributed by atoms with Crippen LogP contribution in [0, 0.1) is 17.2 Å². The van der Waals surface area contributed by atoms with Gasteiger partial charge in [-0.3, -0.25) is 4.79 Å². The highest BCUT2D eigenvalue weighted by Gasteiger charge is 2.46. The second-order valence-corrected chi connectivity index (χ2v) is 9.18. The predicted molar refractivity (Wildman–Crippen MR) is 108 cm³/mol. The first-order valence-corrected chi connectivity index (χ1v) is 10.8. The van der Waals surface area contributed by atoms with Crippen LogP contribution in [0.15, 0.2) is 48.5 Å². The van der Waals surface area contributed by atoms with Gasteiger partial charge in [0.15, 0.2) is 0 Å². The average molecular weight is 378 g/mol. The van der Waals surface area contributed by atoms with Crippen molar-refractivity contribution in [2.75, 3.05) is 6.54 Å². The highest BCUT2D eigenvalue weighted by atomic mass is 19.1. The second kappa shape index (κ2) is 7.02. The van der Waals surface area contributed by atoms with Gasteiger partial charge in [0.2, 0.25) is 5.91 Å². The van der Waals surface area contributed by atoms with Gasteiger partial charge in [-0.25, -0.2) is 4.39 Å². The molecule has 0 bridgehead atoms. The molecule has 0 saturated heterocycles. The zero-order valence-corrected chi connectivity index (χ0v) is 16.4. The van der Waals surface area contributed by atoms with Crippen molar-refractivity contribution in [1.29, 1.82) is 0 Å². The fourth-order valence-corrected chi connectivity index (χ4v) is 6.05. The third-order valence-corrected chi connectivity index (χ3v) is 7.36. The van der Waals surface area contributed by atoms with Crippen molar-refractivity contribution in [1.82, 2.24) is 4.90 Å². The van der Waals surface area contributed by atoms with Gasteiger partial charge >= 0.3 is 0 Å². The van der Waals surface area contributed by atoms with Gasteiger partial charge in [-0.2, -0.15) is 0 Å². The predicted octanol–water partition coefficient (Wildman–Crippen LogP) is 5.66. The number of benzene rings is 2. The molecule has 1 spiro atoms. The van der Waals surface area contributed by atoms with Crippen molar-refractivity contribution in [3.63, 3.8) is 0 Å². The van der Waals surface area contributed by atoms with E-state index >= 15 is 0 Å². The molecule has 0 radical (unpaired) electrons. The molecule has 0 aromatic heterocycles. The van der Waals surface area contributed by atoms with Crippen LogP contribution in [0.2, 0.25) is 0 Å². The van der Waals surface area contributed by atoms with E-state index in [0.29, 0.717) is 17.8 Å². The summed E-state index contributed by atoms with van der Waals surface area (Å²) in [4.78, 5) is 15.4. The topological polar surface area (TPSA) is 20.3 Å². The lowest BCUT2D eigenvalue weighted by molar-refractivity contribution is -0.136. The summed E-state index contributed by atoms with van der Waals surface area (Å²) in [5.74, 6) is 0.584. The maximum Gasteiger partial charge on any atom is 0.223 e. The van der Waals surface area contributed by atoms with Gasteiger partial charge in [0.05, 0.1) is 6.04 Å². The molecule has 28 heavy (non-hydrogen) atoms. The van der Waals surface area contributed by atoms with Crippen molar-refractivity contribution in [2.45, 2.75) is 57.4 Å². The minimum Gasteiger partial charge on any atom is -0.331 e. The van der Waals surface area contributed by atoms with Gasteiger partial charge in [-0.15, -0.1) is 0 Å². The molecule has 146 valence electrons. The summed E-state index contributed by atoms with van der Waals surface area (Å²) >= 11 is 0. The minimum atomic E-state index is -0.234. The number of hydrogen-bond acceptors (Lipinski definition) is 1. The van der Waals surface area contributed by atoms with E-state index in [1.54, 1.807) is 0 Å². The molecule has 1 atom stereocenters. The van der Waals surface area contributed by atoms with E-state index in [9.17, 15) is 9.18 Å². The molecule has 2 aromatic rings. The molecule has 2 saturated carbocycles. The molecule has 2 fully saturated rings. The van der Waals surface area contributed by atoms with Crippen molar-refractivity contribution < 1.29 is 9.18 Å². The normalized spacial score (nSPS) is 23.5. The summed E-state index contributed by atoms with van der Waals surface area (Å²) in [5, 5.41) is 0. The third kappa shape index (κ3) is 3.15. The van der Waals surface area contributed by atoms with Crippen LogP contribution >= 0.6 is 0 Å². The van der Waals surface area contributed by atoms with E-state index < -0.39 is 0 Å². The molecule has 5 rings (SSSR count). The number of hydrogen-bond donors (Lipinski definition) is 0. The number of halogens is 1. The first-order valence-electron chi connectivity index (χ1n) is 10.8. The molecule has 2 aliphatic carbocycles. The van der Waals surface area contributed by atoms with Gasteiger partial charge in [-0.05, 0) is 72.3 Å². The highest BCUT2D eigenvalue weighted by Crippen LogP contribution is 2.57. The molecule has 1 aliphatic heterocycles. The summed E-state index contributed by atoms with van der Waals surface area (Å²) < 4.78 is 13.5. The van der Waals surface area contributed by atoms with Gasteiger partial charge in [-0.1, -0.05) is 49.2 Å². The first-order chi connectivity index (χ1) is 13.6. The molecular formula is C25H28FNO. The number of carbonyl (C=O) groups is 1. The van der Waals surface area contributed by atoms with Crippen molar-refractivity contribution in [2.24, 2.45) is 11.3 Å². The lowest BCUT2D eigenvalue weighted by atomic mass is 9.60. The van der Waals surface area contributed by atoms with Gasteiger partial charge < -0.3 is 4.90 Å². The SMILES string of the molecule is O=C(CC1CC2(CCCC2)C1)N1CCc2ccccc2[C@@H]1c1ccc(F)cc1. The van der Waals surface area contributed by atoms with E-state index in [1.807, 2.05) is 18.2 Å². The van der Waals surface area contributed by atoms with Crippen LogP contribution in [0.5, 0.6) is 0 Å². The molecule has 0 N–H and O–H groups in total. The van der Waals surface area contributed by atoms with E-state index in [2.05, 4.69) is 23.1 Å². The van der Waals surface area contributed by atoms with Crippen LogP contribution in [0.4, 0.5) is 4.39 Å². The number of rotatable bonds is 3. The molecule has 2 nitrogen and oxygen atoms in total. The Morgan fingerprint density at radius 2 is 1.75 bits per heavy atom. The largest absolute Gasteiger partial charge is 0.331 e. The summed E-state index contributed by atoms with van der Waals surface area (Å²) in [7, 11) is 0. The van der Waals surface area contributed by atoms with Gasteiger partial charge in [0.25, 0.3) is 0 Å². The van der Waals surface area contributed by atoms with Crippen molar-refractivity contribution in [3.05, 3.63) is 71.0 Å². The Kier molecular flexibility index (Phi) is 4.49. The van der Waals surface area contributed by atoms with Crippen molar-refractivity contribution in [3.8, 4) is 0 Å². The fraction of sp³-hybridized carbons (Fsp3) is 0.480. The second-order valence-electron chi connectivity index (χ2n) is 9.18. The monoisotopic (exact) mass is 377 g/mol. The smallest absolute Gasteiger partial charge is 0.223 e. The number of nitrogens with zero attached hydrogens (tertiary/aromatic N) is 1. The summed E-state index contributed by atoms with van der Waals surface area (Å²) in [6.07, 6.45) is 9.52. The molecule has 0 unspecified atom stereocenters. The van der Waals surface area contributed by atoms with E-state index in [-0.39, 0.29) is 17.8 Å². The van der Waals surface area contributed by atoms with Crippen LogP contribution in [-0.4, -0.2) is 17.4 Å². The summed E-state index contributed by atoms with van der Waals surface area (Å²) in [6, 6.07) is 15.0. The average Bonchev–Trinajstić information content (AvgIpc) is 3.17. The number of fused-ring (bicyclic) bond motifs is 1. The van der Waals surface area contributed by atoms with Crippen LogP contribution in [0.25, 0.3) is 0 Å². The molecule has 2 aromatic carbocycles. The maximum atomic E-state index is 13.5. The van der Waals surface area contributed by atoms with E-state index in [4.69, 9.17) is 0 Å². The Morgan fingerprint density at radius 1 is 1.04 bits per heavy atom. The molecular weight excluding hydrogens is 349 g/mol. The Balaban J connectivity index is 1.38. The summed E-state index contributed by atoms with van der Waals surface area (Å²) in [6.45, 7) is 0.746. The first kappa shape index (κ1) is 17.9. The zero-order chi connectivity index (χ0) is 19.1. The Labute approximate surface area is 166 Å². The lowest BCUT2D eigenvalue weighted by Crippen LogP contribution is -2.43. The Hall–Kier alpha value is -2.16.